The van der Waals surface area contributed by atoms with Crippen LogP contribution in [0.15, 0.2) is 18.2 Å². The van der Waals surface area contributed by atoms with Crippen molar-refractivity contribution in [2.45, 2.75) is 6.42 Å². The molecule has 1 aliphatic heterocycles. The molecular weight excluding hydrogens is 227 g/mol. The largest absolute Gasteiger partial charge is 0.372 e. The lowest BCUT2D eigenvalue weighted by molar-refractivity contribution is 0.565. The summed E-state index contributed by atoms with van der Waals surface area (Å²) >= 11 is 5.87. The predicted octanol–water partition coefficient (Wildman–Crippen LogP) is 2.52. The molecule has 2 nitrogen and oxygen atoms in total. The first-order chi connectivity index (χ1) is 7.66. The van der Waals surface area contributed by atoms with Crippen molar-refractivity contribution in [3.05, 3.63) is 29.0 Å². The van der Waals surface area contributed by atoms with Gasteiger partial charge in [-0.15, -0.1) is 0 Å². The monoisotopic (exact) mass is 242 g/mol. The number of rotatable bonds is 3. The fourth-order valence-corrected chi connectivity index (χ4v) is 2.30. The van der Waals surface area contributed by atoms with Crippen LogP contribution < -0.4 is 10.2 Å². The average molecular weight is 243 g/mol. The summed E-state index contributed by atoms with van der Waals surface area (Å²) in [5.41, 5.74) is 0.583. The van der Waals surface area contributed by atoms with Gasteiger partial charge < -0.3 is 10.2 Å². The van der Waals surface area contributed by atoms with Crippen LogP contribution in [0.4, 0.5) is 10.1 Å². The van der Waals surface area contributed by atoms with Crippen LogP contribution in [0.1, 0.15) is 6.42 Å². The van der Waals surface area contributed by atoms with Gasteiger partial charge in [0.25, 0.3) is 0 Å². The van der Waals surface area contributed by atoms with E-state index in [-0.39, 0.29) is 5.82 Å². The van der Waals surface area contributed by atoms with Gasteiger partial charge in [0.1, 0.15) is 5.82 Å². The number of nitrogens with zero attached hydrogens (tertiary/aromatic N) is 1. The van der Waals surface area contributed by atoms with Crippen molar-refractivity contribution in [2.24, 2.45) is 5.92 Å². The van der Waals surface area contributed by atoms with E-state index >= 15 is 0 Å². The second kappa shape index (κ2) is 5.02. The average Bonchev–Trinajstić information content (AvgIpc) is 2.74. The molecule has 4 heteroatoms. The lowest BCUT2D eigenvalue weighted by Crippen LogP contribution is -2.27. The molecule has 0 aliphatic carbocycles. The third-order valence-corrected chi connectivity index (χ3v) is 3.25. The zero-order valence-electron chi connectivity index (χ0n) is 9.34. The maximum atomic E-state index is 13.6. The van der Waals surface area contributed by atoms with E-state index in [2.05, 4.69) is 5.32 Å². The molecule has 1 N–H and O–H groups in total. The maximum absolute atomic E-state index is 13.6. The van der Waals surface area contributed by atoms with E-state index in [4.69, 9.17) is 11.6 Å². The molecule has 0 amide bonds. The topological polar surface area (TPSA) is 15.3 Å². The van der Waals surface area contributed by atoms with Crippen molar-refractivity contribution in [1.29, 1.82) is 0 Å². The number of halogens is 2. The summed E-state index contributed by atoms with van der Waals surface area (Å²) in [5, 5.41) is 3.89. The van der Waals surface area contributed by atoms with Crippen LogP contribution in [0.5, 0.6) is 0 Å². The molecule has 16 heavy (non-hydrogen) atoms. The van der Waals surface area contributed by atoms with Gasteiger partial charge in [-0.05, 0) is 43.6 Å². The molecule has 0 spiro atoms. The number of hydrogen-bond acceptors (Lipinski definition) is 2. The van der Waals surface area contributed by atoms with Crippen molar-refractivity contribution >= 4 is 17.3 Å². The quantitative estimate of drug-likeness (QED) is 0.876. The second-order valence-corrected chi connectivity index (χ2v) is 4.77. The zero-order valence-corrected chi connectivity index (χ0v) is 10.1. The second-order valence-electron chi connectivity index (χ2n) is 4.34. The van der Waals surface area contributed by atoms with E-state index in [1.165, 1.54) is 6.07 Å². The van der Waals surface area contributed by atoms with Crippen molar-refractivity contribution in [2.75, 3.05) is 31.6 Å². The van der Waals surface area contributed by atoms with Crippen molar-refractivity contribution in [3.63, 3.8) is 0 Å². The van der Waals surface area contributed by atoms with Crippen LogP contribution in [0.25, 0.3) is 0 Å². The summed E-state index contributed by atoms with van der Waals surface area (Å²) in [6.45, 7) is 2.95. The number of benzene rings is 1. The Hall–Kier alpha value is -0.800. The van der Waals surface area contributed by atoms with Crippen molar-refractivity contribution < 1.29 is 4.39 Å². The lowest BCUT2D eigenvalue weighted by atomic mass is 10.1. The van der Waals surface area contributed by atoms with E-state index < -0.39 is 0 Å². The molecule has 1 aromatic carbocycles. The highest BCUT2D eigenvalue weighted by atomic mass is 35.5. The van der Waals surface area contributed by atoms with Crippen molar-refractivity contribution in [1.82, 2.24) is 5.32 Å². The molecule has 0 aromatic heterocycles. The Labute approximate surface area is 100 Å². The minimum Gasteiger partial charge on any atom is -0.372 e. The molecule has 1 fully saturated rings. The minimum atomic E-state index is -0.210. The number of anilines is 1. The summed E-state index contributed by atoms with van der Waals surface area (Å²) < 4.78 is 13.6. The van der Waals surface area contributed by atoms with Crippen LogP contribution in [0.3, 0.4) is 0 Å². The summed E-state index contributed by atoms with van der Waals surface area (Å²) in [4.78, 5) is 1.94. The van der Waals surface area contributed by atoms with Gasteiger partial charge in [-0.2, -0.15) is 0 Å². The van der Waals surface area contributed by atoms with Crippen LogP contribution in [-0.2, 0) is 0 Å². The first-order valence-electron chi connectivity index (χ1n) is 5.53. The van der Waals surface area contributed by atoms with Gasteiger partial charge in [0, 0.05) is 18.6 Å². The van der Waals surface area contributed by atoms with Gasteiger partial charge in [-0.1, -0.05) is 11.6 Å². The van der Waals surface area contributed by atoms with Crippen LogP contribution in [-0.4, -0.2) is 26.7 Å². The first-order valence-corrected chi connectivity index (χ1v) is 5.91. The summed E-state index contributed by atoms with van der Waals surface area (Å²) in [7, 11) is 1.91. The van der Waals surface area contributed by atoms with E-state index in [1.54, 1.807) is 12.1 Å². The molecule has 1 heterocycles. The smallest absolute Gasteiger partial charge is 0.146 e. The standard InChI is InChI=1S/C12H16ClFN2/c1-16(8-9-4-5-15-7-9)12-6-10(13)2-3-11(12)14/h2-3,6,9,15H,4-5,7-8H2,1H3. The summed E-state index contributed by atoms with van der Waals surface area (Å²) in [5.74, 6) is 0.390. The van der Waals surface area contributed by atoms with E-state index in [0.29, 0.717) is 16.6 Å². The molecule has 2 rings (SSSR count). The minimum absolute atomic E-state index is 0.210. The van der Waals surface area contributed by atoms with E-state index in [1.807, 2.05) is 11.9 Å². The van der Waals surface area contributed by atoms with E-state index in [9.17, 15) is 4.39 Å². The summed E-state index contributed by atoms with van der Waals surface area (Å²) in [6.07, 6.45) is 1.16. The molecule has 0 bridgehead atoms. The summed E-state index contributed by atoms with van der Waals surface area (Å²) in [6, 6.07) is 4.67. The van der Waals surface area contributed by atoms with Gasteiger partial charge in [0.05, 0.1) is 5.69 Å². The normalized spacial score (nSPS) is 20.1. The SMILES string of the molecule is CN(CC1CCNC1)c1cc(Cl)ccc1F. The number of nitrogens with one attached hydrogen (secondary N) is 1. The Balaban J connectivity index is 2.07. The first kappa shape index (κ1) is 11.7. The van der Waals surface area contributed by atoms with Gasteiger partial charge in [0.15, 0.2) is 0 Å². The number of hydrogen-bond donors (Lipinski definition) is 1. The van der Waals surface area contributed by atoms with Crippen LogP contribution >= 0.6 is 11.6 Å². The van der Waals surface area contributed by atoms with Gasteiger partial charge >= 0.3 is 0 Å². The molecule has 0 saturated carbocycles. The van der Waals surface area contributed by atoms with Crippen LogP contribution in [0.2, 0.25) is 5.02 Å². The van der Waals surface area contributed by atoms with Gasteiger partial charge in [0.2, 0.25) is 0 Å². The van der Waals surface area contributed by atoms with Gasteiger partial charge in [-0.25, -0.2) is 4.39 Å². The molecule has 1 aliphatic rings. The molecule has 0 radical (unpaired) electrons. The zero-order chi connectivity index (χ0) is 11.5. The third-order valence-electron chi connectivity index (χ3n) is 3.01. The Kier molecular flexibility index (Phi) is 3.66. The Morgan fingerprint density at radius 3 is 3.06 bits per heavy atom. The highest BCUT2D eigenvalue weighted by molar-refractivity contribution is 6.30. The highest BCUT2D eigenvalue weighted by Crippen LogP contribution is 2.24. The Bertz CT molecular complexity index is 364. The molecule has 88 valence electrons. The molecule has 1 saturated heterocycles. The van der Waals surface area contributed by atoms with Crippen molar-refractivity contribution in [3.8, 4) is 0 Å². The fraction of sp³-hybridized carbons (Fsp3) is 0.500. The van der Waals surface area contributed by atoms with Crippen LogP contribution in [0, 0.1) is 11.7 Å². The fourth-order valence-electron chi connectivity index (χ4n) is 2.13. The predicted molar refractivity (Wildman–Crippen MR) is 65.7 cm³/mol. The van der Waals surface area contributed by atoms with E-state index in [0.717, 1.165) is 26.1 Å². The Morgan fingerprint density at radius 2 is 2.38 bits per heavy atom. The van der Waals surface area contributed by atoms with Gasteiger partial charge in [-0.3, -0.25) is 0 Å². The molecule has 1 atom stereocenters. The molecular formula is C12H16ClFN2. The molecule has 1 aromatic rings. The Morgan fingerprint density at radius 1 is 1.56 bits per heavy atom. The lowest BCUT2D eigenvalue weighted by Gasteiger charge is -2.23. The maximum Gasteiger partial charge on any atom is 0.146 e. The highest BCUT2D eigenvalue weighted by Gasteiger charge is 2.18. The third kappa shape index (κ3) is 2.66. The molecule has 1 unspecified atom stereocenters.